The fraction of sp³-hybridized carbons (Fsp3) is 0.0566. The Kier molecular flexibility index (Phi) is 7.09. The van der Waals surface area contributed by atoms with Crippen LogP contribution in [-0.4, -0.2) is 16.2 Å². The smallest absolute Gasteiger partial charge is 0.154 e. The number of benzene rings is 8. The number of para-hydroxylation sites is 2. The van der Waals surface area contributed by atoms with Gasteiger partial charge in [0.25, 0.3) is 0 Å². The van der Waals surface area contributed by atoms with Crippen molar-refractivity contribution in [2.24, 2.45) is 10.7 Å². The molecule has 0 bridgehead atoms. The van der Waals surface area contributed by atoms with Gasteiger partial charge >= 0.3 is 0 Å². The third kappa shape index (κ3) is 4.90. The Labute approximate surface area is 343 Å². The molecule has 3 aromatic heterocycles. The Hall–Kier alpha value is -7.28. The molecule has 1 aliphatic carbocycles. The highest BCUT2D eigenvalue weighted by molar-refractivity contribution is 7.26. The van der Waals surface area contributed by atoms with Crippen LogP contribution in [0.3, 0.4) is 0 Å². The fourth-order valence-corrected chi connectivity index (χ4v) is 10.9. The third-order valence-electron chi connectivity index (χ3n) is 12.5. The number of amidine groups is 2. The highest BCUT2D eigenvalue weighted by atomic mass is 32.1. The maximum Gasteiger partial charge on any atom is 0.154 e. The van der Waals surface area contributed by atoms with Crippen molar-refractivity contribution in [2.45, 2.75) is 19.3 Å². The molecule has 11 aromatic rings. The number of nitrogens with one attached hydrogen (secondary N) is 1. The van der Waals surface area contributed by atoms with E-state index in [0.29, 0.717) is 0 Å². The average molecular weight is 777 g/mol. The molecule has 8 aromatic carbocycles. The zero-order chi connectivity index (χ0) is 39.6. The SMILES string of the molecule is CC1(C)c2ccccc2-c2ccc(C(=N)N=C(N)c3cccc4oc5ccc(-c6cc(-n7c8ccccc8c8ccccc87)cc7sc8ccccc8c67)cc5c34)cc21. The van der Waals surface area contributed by atoms with Gasteiger partial charge in [-0.1, -0.05) is 123 Å². The van der Waals surface area contributed by atoms with Gasteiger partial charge in [-0.2, -0.15) is 0 Å². The largest absolute Gasteiger partial charge is 0.456 e. The van der Waals surface area contributed by atoms with Crippen LogP contribution < -0.4 is 5.73 Å². The number of nitrogens with two attached hydrogens (primary N) is 1. The van der Waals surface area contributed by atoms with Gasteiger partial charge in [-0.3, -0.25) is 5.41 Å². The van der Waals surface area contributed by atoms with Gasteiger partial charge in [0.1, 0.15) is 17.0 Å². The molecular weight excluding hydrogens is 741 g/mol. The molecule has 0 amide bonds. The standard InChI is InChI=1S/C53H36N4OS/c1-53(2)41-17-7-3-12-33(41)34-24-22-31(27-42(34)53)51(54)56-52(55)38-16-11-20-46-49(38)40-26-30(23-25-45(40)58-46)39-28-32(29-48-50(39)37-15-6-10-21-47(37)59-48)57-43-18-8-4-13-35(43)36-14-5-9-19-44(36)57/h3-29H,1-2H3,(H3,54,55,56). The molecule has 0 aliphatic heterocycles. The molecule has 0 radical (unpaired) electrons. The Morgan fingerprint density at radius 2 is 1.31 bits per heavy atom. The quantitative estimate of drug-likeness (QED) is 0.138. The second-order valence-corrected chi connectivity index (χ2v) is 17.2. The van der Waals surface area contributed by atoms with Crippen LogP contribution in [0, 0.1) is 5.41 Å². The van der Waals surface area contributed by atoms with Gasteiger partial charge in [-0.05, 0) is 88.0 Å². The molecule has 0 fully saturated rings. The summed E-state index contributed by atoms with van der Waals surface area (Å²) in [4.78, 5) is 4.75. The predicted octanol–water partition coefficient (Wildman–Crippen LogP) is 13.8. The molecule has 5 nitrogen and oxygen atoms in total. The topological polar surface area (TPSA) is 80.3 Å². The van der Waals surface area contributed by atoms with Crippen LogP contribution in [-0.2, 0) is 5.41 Å². The van der Waals surface area contributed by atoms with Crippen molar-refractivity contribution in [3.8, 4) is 27.9 Å². The maximum absolute atomic E-state index is 9.16. The number of aliphatic imine (C=N–C) groups is 1. The Morgan fingerprint density at radius 3 is 2.12 bits per heavy atom. The van der Waals surface area contributed by atoms with E-state index >= 15 is 0 Å². The zero-order valence-electron chi connectivity index (χ0n) is 32.4. The maximum atomic E-state index is 9.16. The number of furan rings is 1. The first-order valence-electron chi connectivity index (χ1n) is 19.9. The molecule has 0 saturated carbocycles. The van der Waals surface area contributed by atoms with Crippen molar-refractivity contribution in [1.29, 1.82) is 5.41 Å². The molecule has 0 unspecified atom stereocenters. The van der Waals surface area contributed by atoms with Gasteiger partial charge in [0.2, 0.25) is 0 Å². The van der Waals surface area contributed by atoms with Crippen molar-refractivity contribution >= 4 is 86.9 Å². The minimum absolute atomic E-state index is 0.121. The first-order valence-corrected chi connectivity index (χ1v) is 20.7. The number of fused-ring (bicyclic) bond motifs is 12. The van der Waals surface area contributed by atoms with E-state index < -0.39 is 0 Å². The second kappa shape index (κ2) is 12.4. The molecule has 6 heteroatoms. The number of rotatable bonds is 4. The molecule has 0 atom stereocenters. The summed E-state index contributed by atoms with van der Waals surface area (Å²) in [6.45, 7) is 4.49. The summed E-state index contributed by atoms with van der Waals surface area (Å²) in [6, 6.07) is 57.9. The number of aromatic nitrogens is 1. The molecular formula is C53H36N4OS. The lowest BCUT2D eigenvalue weighted by molar-refractivity contribution is 0.660. The number of nitrogens with zero attached hydrogens (tertiary/aromatic N) is 2. The molecule has 12 rings (SSSR count). The van der Waals surface area contributed by atoms with E-state index in [1.807, 2.05) is 35.6 Å². The van der Waals surface area contributed by atoms with Crippen molar-refractivity contribution < 1.29 is 4.42 Å². The van der Waals surface area contributed by atoms with E-state index in [2.05, 4.69) is 158 Å². The Bertz CT molecular complexity index is 3580. The van der Waals surface area contributed by atoms with E-state index in [9.17, 15) is 0 Å². The van der Waals surface area contributed by atoms with Crippen molar-refractivity contribution in [2.75, 3.05) is 0 Å². The van der Waals surface area contributed by atoms with E-state index in [0.717, 1.165) is 49.9 Å². The van der Waals surface area contributed by atoms with Gasteiger partial charge in [0.05, 0.1) is 11.0 Å². The summed E-state index contributed by atoms with van der Waals surface area (Å²) in [5.74, 6) is 0.396. The van der Waals surface area contributed by atoms with E-state index in [1.54, 1.807) is 0 Å². The first-order chi connectivity index (χ1) is 28.8. The molecule has 1 aliphatic rings. The normalized spacial score (nSPS) is 13.6. The Balaban J connectivity index is 1.02. The van der Waals surface area contributed by atoms with E-state index in [-0.39, 0.29) is 17.1 Å². The molecule has 0 saturated heterocycles. The summed E-state index contributed by atoms with van der Waals surface area (Å²) < 4.78 is 11.4. The fourth-order valence-electron chi connectivity index (χ4n) is 9.70. The predicted molar refractivity (Wildman–Crippen MR) is 248 cm³/mol. The molecule has 59 heavy (non-hydrogen) atoms. The van der Waals surface area contributed by atoms with Gasteiger partial charge in [0.15, 0.2) is 5.84 Å². The van der Waals surface area contributed by atoms with Crippen LogP contribution in [0.1, 0.15) is 36.1 Å². The lowest BCUT2D eigenvalue weighted by Gasteiger charge is -2.21. The average Bonchev–Trinajstić information content (AvgIpc) is 3.99. The summed E-state index contributed by atoms with van der Waals surface area (Å²) in [6.07, 6.45) is 0. The highest BCUT2D eigenvalue weighted by Gasteiger charge is 2.35. The van der Waals surface area contributed by atoms with E-state index in [1.165, 1.54) is 64.2 Å². The van der Waals surface area contributed by atoms with Crippen molar-refractivity contribution in [3.05, 3.63) is 186 Å². The van der Waals surface area contributed by atoms with Gasteiger partial charge in [-0.15, -0.1) is 11.3 Å². The first kappa shape index (κ1) is 33.8. The summed E-state index contributed by atoms with van der Waals surface area (Å²) in [5, 5.41) is 15.9. The van der Waals surface area contributed by atoms with Crippen LogP contribution >= 0.6 is 11.3 Å². The third-order valence-corrected chi connectivity index (χ3v) is 13.6. The molecule has 280 valence electrons. The van der Waals surface area contributed by atoms with Crippen molar-refractivity contribution in [3.63, 3.8) is 0 Å². The lowest BCUT2D eigenvalue weighted by atomic mass is 9.82. The van der Waals surface area contributed by atoms with Crippen LogP contribution in [0.25, 0.3) is 91.9 Å². The summed E-state index contributed by atoms with van der Waals surface area (Å²) in [7, 11) is 0. The lowest BCUT2D eigenvalue weighted by Crippen LogP contribution is -2.17. The second-order valence-electron chi connectivity index (χ2n) is 16.1. The monoisotopic (exact) mass is 776 g/mol. The molecule has 3 N–H and O–H groups in total. The summed E-state index contributed by atoms with van der Waals surface area (Å²) >= 11 is 1.83. The minimum atomic E-state index is -0.180. The molecule has 3 heterocycles. The van der Waals surface area contributed by atoms with Gasteiger partial charge in [0, 0.05) is 63.9 Å². The number of hydrogen-bond acceptors (Lipinski definition) is 3. The van der Waals surface area contributed by atoms with E-state index in [4.69, 9.17) is 20.6 Å². The Morgan fingerprint density at radius 1 is 0.593 bits per heavy atom. The molecule has 0 spiro atoms. The highest BCUT2D eigenvalue weighted by Crippen LogP contribution is 2.49. The number of hydrogen-bond donors (Lipinski definition) is 2. The number of thiophene rings is 1. The van der Waals surface area contributed by atoms with Gasteiger partial charge in [-0.25, -0.2) is 4.99 Å². The van der Waals surface area contributed by atoms with Crippen LogP contribution in [0.4, 0.5) is 0 Å². The van der Waals surface area contributed by atoms with Crippen molar-refractivity contribution in [1.82, 2.24) is 4.57 Å². The van der Waals surface area contributed by atoms with Gasteiger partial charge < -0.3 is 14.7 Å². The van der Waals surface area contributed by atoms with Crippen LogP contribution in [0.15, 0.2) is 173 Å². The zero-order valence-corrected chi connectivity index (χ0v) is 33.2. The minimum Gasteiger partial charge on any atom is -0.456 e. The van der Waals surface area contributed by atoms with Crippen LogP contribution in [0.2, 0.25) is 0 Å². The van der Waals surface area contributed by atoms with Crippen LogP contribution in [0.5, 0.6) is 0 Å². The summed E-state index contributed by atoms with van der Waals surface area (Å²) in [5.41, 5.74) is 20.3.